The van der Waals surface area contributed by atoms with Gasteiger partial charge in [-0.2, -0.15) is 0 Å². The van der Waals surface area contributed by atoms with Crippen LogP contribution in [0.3, 0.4) is 0 Å². The van der Waals surface area contributed by atoms with Crippen molar-refractivity contribution in [1.29, 1.82) is 0 Å². The van der Waals surface area contributed by atoms with Gasteiger partial charge in [0, 0.05) is 12.8 Å². The van der Waals surface area contributed by atoms with E-state index in [0.29, 0.717) is 25.7 Å². The van der Waals surface area contributed by atoms with E-state index in [0.717, 1.165) is 96.3 Å². The highest BCUT2D eigenvalue weighted by Crippen LogP contribution is 2.13. The van der Waals surface area contributed by atoms with E-state index < -0.39 is 5.97 Å². The second kappa shape index (κ2) is 39.6. The van der Waals surface area contributed by atoms with Crippen LogP contribution in [0.4, 0.5) is 0 Å². The Morgan fingerprint density at radius 2 is 0.942 bits per heavy atom. The van der Waals surface area contributed by atoms with Crippen LogP contribution in [0.2, 0.25) is 0 Å². The largest absolute Gasteiger partial charge is 0.480 e. The Morgan fingerprint density at radius 3 is 1.40 bits per heavy atom. The lowest BCUT2D eigenvalue weighted by Gasteiger charge is -2.14. The number of hydrogen-bond donors (Lipinski definition) is 2. The number of allylic oxidation sites excluding steroid dienone is 19. The number of aliphatic carboxylic acids is 1. The van der Waals surface area contributed by atoms with Crippen LogP contribution in [0.5, 0.6) is 0 Å². The average Bonchev–Trinajstić information content (AvgIpc) is 3.13. The van der Waals surface area contributed by atoms with Gasteiger partial charge in [-0.05, 0) is 109 Å². The van der Waals surface area contributed by atoms with E-state index in [2.05, 4.69) is 129 Å². The van der Waals surface area contributed by atoms with E-state index in [1.807, 2.05) is 12.2 Å². The zero-order valence-corrected chi connectivity index (χ0v) is 32.3. The second-order valence-corrected chi connectivity index (χ2v) is 12.4. The van der Waals surface area contributed by atoms with E-state index in [1.165, 1.54) is 0 Å². The van der Waals surface area contributed by atoms with Gasteiger partial charge in [0.15, 0.2) is 0 Å². The van der Waals surface area contributed by atoms with Crippen molar-refractivity contribution in [3.05, 3.63) is 122 Å². The molecule has 0 saturated heterocycles. The summed E-state index contributed by atoms with van der Waals surface area (Å²) in [5, 5.41) is 11.1. The molecule has 0 aliphatic heterocycles. The highest BCUT2D eigenvalue weighted by atomic mass is 16.5. The maximum atomic E-state index is 12.6. The molecular formula is C46H69NO5. The van der Waals surface area contributed by atoms with Gasteiger partial charge in [-0.15, -0.1) is 0 Å². The van der Waals surface area contributed by atoms with E-state index >= 15 is 0 Å². The summed E-state index contributed by atoms with van der Waals surface area (Å²) in [7, 11) is 0. The van der Waals surface area contributed by atoms with Gasteiger partial charge in [0.25, 0.3) is 0 Å². The average molecular weight is 716 g/mol. The first-order valence-electron chi connectivity index (χ1n) is 19.7. The minimum atomic E-state index is -1.05. The summed E-state index contributed by atoms with van der Waals surface area (Å²) in [4.78, 5) is 35.0. The number of rotatable bonds is 33. The van der Waals surface area contributed by atoms with Gasteiger partial charge in [-0.25, -0.2) is 0 Å². The lowest BCUT2D eigenvalue weighted by molar-refractivity contribution is -0.147. The zero-order valence-electron chi connectivity index (χ0n) is 32.3. The molecule has 1 atom stereocenters. The SMILES string of the molecule is CC/C=C\C/C=C\C/C=C\C/C=C\C/C=C\C/C=C\CCCCC(=O)OC(/C=C\C/C=C\C/C=C\C/C=C\CC)CCCCCC(=O)NCC(=O)O. The molecular weight excluding hydrogens is 647 g/mol. The number of carbonyl (C=O) groups is 3. The fourth-order valence-electron chi connectivity index (χ4n) is 4.78. The van der Waals surface area contributed by atoms with Crippen LogP contribution in [0.15, 0.2) is 122 Å². The summed E-state index contributed by atoms with van der Waals surface area (Å²) in [6.45, 7) is 3.92. The van der Waals surface area contributed by atoms with E-state index in [9.17, 15) is 14.4 Å². The van der Waals surface area contributed by atoms with Gasteiger partial charge in [0.05, 0.1) is 0 Å². The Labute approximate surface area is 316 Å². The quantitative estimate of drug-likeness (QED) is 0.0401. The number of hydrogen-bond acceptors (Lipinski definition) is 4. The Balaban J connectivity index is 4.37. The van der Waals surface area contributed by atoms with Crippen LogP contribution in [0.1, 0.15) is 136 Å². The fraction of sp³-hybridized carbons (Fsp3) is 0.500. The predicted molar refractivity (Wildman–Crippen MR) is 221 cm³/mol. The van der Waals surface area contributed by atoms with Crippen molar-refractivity contribution in [2.45, 2.75) is 142 Å². The third kappa shape index (κ3) is 38.6. The van der Waals surface area contributed by atoms with Gasteiger partial charge in [0.1, 0.15) is 12.6 Å². The Kier molecular flexibility index (Phi) is 36.4. The minimum Gasteiger partial charge on any atom is -0.480 e. The Bertz CT molecular complexity index is 1200. The molecule has 0 aromatic rings. The van der Waals surface area contributed by atoms with Gasteiger partial charge in [-0.1, -0.05) is 136 Å². The number of carboxylic acid groups (broad SMARTS) is 1. The summed E-state index contributed by atoms with van der Waals surface area (Å²) < 4.78 is 5.83. The number of carbonyl (C=O) groups excluding carboxylic acids is 2. The van der Waals surface area contributed by atoms with Crippen molar-refractivity contribution < 1.29 is 24.2 Å². The molecule has 2 N–H and O–H groups in total. The first-order chi connectivity index (χ1) is 25.5. The van der Waals surface area contributed by atoms with Crippen LogP contribution >= 0.6 is 0 Å². The summed E-state index contributed by atoms with van der Waals surface area (Å²) >= 11 is 0. The normalized spacial score (nSPS) is 13.4. The summed E-state index contributed by atoms with van der Waals surface area (Å²) in [5.74, 6) is -1.48. The van der Waals surface area contributed by atoms with Crippen molar-refractivity contribution >= 4 is 17.8 Å². The minimum absolute atomic E-state index is 0.178. The van der Waals surface area contributed by atoms with Crippen molar-refractivity contribution in [2.24, 2.45) is 0 Å². The molecule has 0 aliphatic carbocycles. The fourth-order valence-corrected chi connectivity index (χ4v) is 4.78. The molecule has 0 fully saturated rings. The molecule has 288 valence electrons. The molecule has 52 heavy (non-hydrogen) atoms. The van der Waals surface area contributed by atoms with Crippen LogP contribution in [0.25, 0.3) is 0 Å². The molecule has 0 aliphatic rings. The first-order valence-corrected chi connectivity index (χ1v) is 19.7. The van der Waals surface area contributed by atoms with Gasteiger partial charge in [-0.3, -0.25) is 14.4 Å². The number of ether oxygens (including phenoxy) is 1. The summed E-state index contributed by atoms with van der Waals surface area (Å²) in [6.07, 6.45) is 59.0. The van der Waals surface area contributed by atoms with Crippen molar-refractivity contribution in [1.82, 2.24) is 5.32 Å². The molecule has 0 aromatic heterocycles. The highest BCUT2D eigenvalue weighted by Gasteiger charge is 2.12. The zero-order chi connectivity index (χ0) is 38.0. The molecule has 0 spiro atoms. The number of carboxylic acids is 1. The van der Waals surface area contributed by atoms with Crippen LogP contribution in [-0.2, 0) is 19.1 Å². The van der Waals surface area contributed by atoms with Crippen LogP contribution in [-0.4, -0.2) is 35.6 Å². The third-order valence-electron chi connectivity index (χ3n) is 7.61. The Morgan fingerprint density at radius 1 is 0.519 bits per heavy atom. The summed E-state index contributed by atoms with van der Waals surface area (Å²) in [6, 6.07) is 0. The monoisotopic (exact) mass is 716 g/mol. The molecule has 0 radical (unpaired) electrons. The molecule has 0 saturated carbocycles. The molecule has 0 heterocycles. The van der Waals surface area contributed by atoms with Crippen molar-refractivity contribution in [3.63, 3.8) is 0 Å². The molecule has 0 aromatic carbocycles. The van der Waals surface area contributed by atoms with Gasteiger partial charge >= 0.3 is 11.9 Å². The number of nitrogens with one attached hydrogen (secondary N) is 1. The molecule has 0 rings (SSSR count). The molecule has 1 unspecified atom stereocenters. The van der Waals surface area contributed by atoms with Gasteiger partial charge in [0.2, 0.25) is 5.91 Å². The first kappa shape index (κ1) is 47.8. The molecule has 1 amide bonds. The maximum absolute atomic E-state index is 12.6. The molecule has 0 bridgehead atoms. The number of esters is 1. The molecule has 6 heteroatoms. The van der Waals surface area contributed by atoms with E-state index in [1.54, 1.807) is 0 Å². The topological polar surface area (TPSA) is 92.7 Å². The third-order valence-corrected chi connectivity index (χ3v) is 7.61. The van der Waals surface area contributed by atoms with Crippen LogP contribution in [0, 0.1) is 0 Å². The lowest BCUT2D eigenvalue weighted by Crippen LogP contribution is -2.28. The smallest absolute Gasteiger partial charge is 0.322 e. The van der Waals surface area contributed by atoms with Crippen LogP contribution < -0.4 is 5.32 Å². The standard InChI is InChI=1S/C46H69NO5/c1-3-5-7-9-11-13-15-16-17-18-19-20-21-22-23-24-26-28-30-32-37-41-46(51)52-43(39-35-33-36-40-44(48)47-42-45(49)50)38-34-31-29-27-25-14-12-10-8-6-4-2/h5-8,11-14,16-17,19-20,22-23,26-29,34,38,43H,3-4,9-10,15,18,21,24-25,30-33,35-37,39-42H2,1-2H3,(H,47,48)(H,49,50)/b7-5-,8-6-,13-11-,14-12-,17-16-,20-19-,23-22-,28-26-,29-27-,38-34-. The highest BCUT2D eigenvalue weighted by molar-refractivity contribution is 5.80. The number of unbranched alkanes of at least 4 members (excludes halogenated alkanes) is 4. The number of amides is 1. The van der Waals surface area contributed by atoms with E-state index in [4.69, 9.17) is 9.84 Å². The Hall–Kier alpha value is -4.19. The second-order valence-electron chi connectivity index (χ2n) is 12.4. The van der Waals surface area contributed by atoms with Crippen molar-refractivity contribution in [2.75, 3.05) is 6.54 Å². The lowest BCUT2D eigenvalue weighted by atomic mass is 10.1. The van der Waals surface area contributed by atoms with E-state index in [-0.39, 0.29) is 24.5 Å². The van der Waals surface area contributed by atoms with Gasteiger partial charge < -0.3 is 15.2 Å². The maximum Gasteiger partial charge on any atom is 0.322 e. The predicted octanol–water partition coefficient (Wildman–Crippen LogP) is 12.1. The summed E-state index contributed by atoms with van der Waals surface area (Å²) in [5.41, 5.74) is 0. The molecule has 6 nitrogen and oxygen atoms in total. The van der Waals surface area contributed by atoms with Crippen molar-refractivity contribution in [3.8, 4) is 0 Å².